The third kappa shape index (κ3) is 4.83. The number of rotatable bonds is 8. The number of carboxylic acid groups (broad SMARTS) is 1. The molecule has 0 fully saturated rings. The Kier molecular flexibility index (Phi) is 5.68. The Labute approximate surface area is 155 Å². The highest BCUT2D eigenvalue weighted by molar-refractivity contribution is 5.80. The summed E-state index contributed by atoms with van der Waals surface area (Å²) < 4.78 is 5.80. The summed E-state index contributed by atoms with van der Waals surface area (Å²) in [5.74, 6) is -0.752. The number of aliphatic carboxylic acids is 1. The SMILES string of the molecule is N[C@@H](CNC(=O)Cc1ccc(OCc2cccc3nc[nH]c23)cc1)C(=O)O. The van der Waals surface area contributed by atoms with Crippen LogP contribution in [0.25, 0.3) is 11.0 Å². The quantitative estimate of drug-likeness (QED) is 0.473. The molecule has 1 atom stereocenters. The molecule has 140 valence electrons. The van der Waals surface area contributed by atoms with Crippen molar-refractivity contribution in [3.63, 3.8) is 0 Å². The lowest BCUT2D eigenvalue weighted by Crippen LogP contribution is -2.42. The van der Waals surface area contributed by atoms with E-state index in [1.807, 2.05) is 18.2 Å². The Morgan fingerprint density at radius 3 is 2.74 bits per heavy atom. The topological polar surface area (TPSA) is 130 Å². The molecule has 3 rings (SSSR count). The van der Waals surface area contributed by atoms with Crippen LogP contribution < -0.4 is 15.8 Å². The largest absolute Gasteiger partial charge is 0.489 e. The Hall–Kier alpha value is -3.39. The molecule has 8 heteroatoms. The first-order valence-corrected chi connectivity index (χ1v) is 8.40. The molecule has 3 aromatic rings. The van der Waals surface area contributed by atoms with Gasteiger partial charge in [0.25, 0.3) is 0 Å². The van der Waals surface area contributed by atoms with Crippen molar-refractivity contribution in [1.29, 1.82) is 0 Å². The van der Waals surface area contributed by atoms with Crippen molar-refractivity contribution in [1.82, 2.24) is 15.3 Å². The number of hydrogen-bond acceptors (Lipinski definition) is 5. The summed E-state index contributed by atoms with van der Waals surface area (Å²) in [6.07, 6.45) is 1.79. The van der Waals surface area contributed by atoms with Crippen LogP contribution in [0.5, 0.6) is 5.75 Å². The average Bonchev–Trinajstić information content (AvgIpc) is 3.15. The van der Waals surface area contributed by atoms with Gasteiger partial charge >= 0.3 is 5.97 Å². The first kappa shape index (κ1) is 18.4. The Balaban J connectivity index is 1.52. The predicted octanol–water partition coefficient (Wildman–Crippen LogP) is 1.21. The Morgan fingerprint density at radius 2 is 2.00 bits per heavy atom. The molecule has 0 bridgehead atoms. The van der Waals surface area contributed by atoms with Crippen LogP contribution in [0.4, 0.5) is 0 Å². The van der Waals surface area contributed by atoms with E-state index in [0.29, 0.717) is 12.4 Å². The van der Waals surface area contributed by atoms with Gasteiger partial charge < -0.3 is 25.9 Å². The van der Waals surface area contributed by atoms with Crippen LogP contribution in [-0.4, -0.2) is 39.5 Å². The van der Waals surface area contributed by atoms with Gasteiger partial charge in [0.05, 0.1) is 23.8 Å². The number of para-hydroxylation sites is 1. The fourth-order valence-corrected chi connectivity index (χ4v) is 2.57. The maximum Gasteiger partial charge on any atom is 0.322 e. The molecule has 0 saturated carbocycles. The zero-order valence-corrected chi connectivity index (χ0v) is 14.5. The lowest BCUT2D eigenvalue weighted by molar-refractivity contribution is -0.138. The number of nitrogens with two attached hydrogens (primary N) is 1. The van der Waals surface area contributed by atoms with Gasteiger partial charge in [0.15, 0.2) is 0 Å². The molecule has 1 heterocycles. The summed E-state index contributed by atoms with van der Waals surface area (Å²) in [4.78, 5) is 29.8. The molecule has 27 heavy (non-hydrogen) atoms. The third-order valence-corrected chi connectivity index (χ3v) is 4.06. The number of nitrogens with one attached hydrogen (secondary N) is 2. The summed E-state index contributed by atoms with van der Waals surface area (Å²) >= 11 is 0. The highest BCUT2D eigenvalue weighted by Gasteiger charge is 2.12. The molecule has 8 nitrogen and oxygen atoms in total. The number of carbonyl (C=O) groups excluding carboxylic acids is 1. The highest BCUT2D eigenvalue weighted by atomic mass is 16.5. The molecule has 0 radical (unpaired) electrons. The number of hydrogen-bond donors (Lipinski definition) is 4. The van der Waals surface area contributed by atoms with Gasteiger partial charge in [0.1, 0.15) is 18.4 Å². The van der Waals surface area contributed by atoms with E-state index in [0.717, 1.165) is 22.2 Å². The van der Waals surface area contributed by atoms with E-state index in [9.17, 15) is 9.59 Å². The van der Waals surface area contributed by atoms with E-state index in [2.05, 4.69) is 15.3 Å². The molecular weight excluding hydrogens is 348 g/mol. The van der Waals surface area contributed by atoms with Gasteiger partial charge in [-0.1, -0.05) is 24.3 Å². The lowest BCUT2D eigenvalue weighted by atomic mass is 10.1. The summed E-state index contributed by atoms with van der Waals surface area (Å²) in [7, 11) is 0. The molecule has 2 aromatic carbocycles. The fourth-order valence-electron chi connectivity index (χ4n) is 2.57. The summed E-state index contributed by atoms with van der Waals surface area (Å²) in [5, 5.41) is 11.2. The minimum atomic E-state index is -1.15. The first-order valence-electron chi connectivity index (χ1n) is 8.40. The Morgan fingerprint density at radius 1 is 1.22 bits per heavy atom. The van der Waals surface area contributed by atoms with Crippen molar-refractivity contribution in [3.05, 3.63) is 59.9 Å². The van der Waals surface area contributed by atoms with Crippen LogP contribution >= 0.6 is 0 Å². The van der Waals surface area contributed by atoms with Crippen LogP contribution in [0.1, 0.15) is 11.1 Å². The minimum absolute atomic E-state index is 0.103. The second-order valence-electron chi connectivity index (χ2n) is 6.07. The first-order chi connectivity index (χ1) is 13.0. The van der Waals surface area contributed by atoms with Gasteiger partial charge in [-0.25, -0.2) is 4.98 Å². The lowest BCUT2D eigenvalue weighted by Gasteiger charge is -2.10. The van der Waals surface area contributed by atoms with Crippen molar-refractivity contribution in [3.8, 4) is 5.75 Å². The number of carbonyl (C=O) groups is 2. The number of carboxylic acids is 1. The fraction of sp³-hybridized carbons (Fsp3) is 0.211. The summed E-state index contributed by atoms with van der Waals surface area (Å²) in [6.45, 7) is 0.293. The molecule has 1 amide bonds. The van der Waals surface area contributed by atoms with Crippen molar-refractivity contribution < 1.29 is 19.4 Å². The third-order valence-electron chi connectivity index (χ3n) is 4.06. The number of ether oxygens (including phenoxy) is 1. The van der Waals surface area contributed by atoms with Gasteiger partial charge in [-0.3, -0.25) is 9.59 Å². The van der Waals surface area contributed by atoms with E-state index in [1.54, 1.807) is 30.6 Å². The standard InChI is InChI=1S/C19H20N4O4/c20-15(19(25)26)9-21-17(24)8-12-4-6-14(7-5-12)27-10-13-2-1-3-16-18(13)23-11-22-16/h1-7,11,15H,8-10,20H2,(H,21,24)(H,22,23)(H,25,26)/t15-/m0/s1. The normalized spacial score (nSPS) is 11.9. The van der Waals surface area contributed by atoms with Crippen LogP contribution in [0.15, 0.2) is 48.8 Å². The van der Waals surface area contributed by atoms with E-state index < -0.39 is 12.0 Å². The van der Waals surface area contributed by atoms with E-state index >= 15 is 0 Å². The van der Waals surface area contributed by atoms with Crippen molar-refractivity contribution >= 4 is 22.9 Å². The zero-order valence-electron chi connectivity index (χ0n) is 14.5. The number of aromatic amines is 1. The van der Waals surface area contributed by atoms with Crippen LogP contribution in [0, 0.1) is 0 Å². The van der Waals surface area contributed by atoms with Crippen LogP contribution in [0.3, 0.4) is 0 Å². The number of benzene rings is 2. The van der Waals surface area contributed by atoms with Crippen LogP contribution in [-0.2, 0) is 22.6 Å². The predicted molar refractivity (Wildman–Crippen MR) is 99.2 cm³/mol. The maximum absolute atomic E-state index is 11.8. The zero-order chi connectivity index (χ0) is 19.2. The van der Waals surface area contributed by atoms with E-state index in [-0.39, 0.29) is 18.9 Å². The number of nitrogens with zero attached hydrogens (tertiary/aromatic N) is 1. The number of aromatic nitrogens is 2. The van der Waals surface area contributed by atoms with E-state index in [1.165, 1.54) is 0 Å². The van der Waals surface area contributed by atoms with Crippen LogP contribution in [0.2, 0.25) is 0 Å². The molecule has 0 aliphatic heterocycles. The second kappa shape index (κ2) is 8.33. The van der Waals surface area contributed by atoms with Gasteiger partial charge in [0.2, 0.25) is 5.91 Å². The van der Waals surface area contributed by atoms with Crippen molar-refractivity contribution in [2.24, 2.45) is 5.73 Å². The molecule has 0 unspecified atom stereocenters. The monoisotopic (exact) mass is 368 g/mol. The van der Waals surface area contributed by atoms with Gasteiger partial charge in [-0.2, -0.15) is 0 Å². The van der Waals surface area contributed by atoms with Gasteiger partial charge in [-0.15, -0.1) is 0 Å². The molecule has 5 N–H and O–H groups in total. The molecule has 0 spiro atoms. The number of imidazole rings is 1. The highest BCUT2D eigenvalue weighted by Crippen LogP contribution is 2.18. The smallest absolute Gasteiger partial charge is 0.322 e. The van der Waals surface area contributed by atoms with Crippen molar-refractivity contribution in [2.45, 2.75) is 19.1 Å². The maximum atomic E-state index is 11.8. The number of H-pyrrole nitrogens is 1. The van der Waals surface area contributed by atoms with E-state index in [4.69, 9.17) is 15.6 Å². The summed E-state index contributed by atoms with van der Waals surface area (Å²) in [5.41, 5.74) is 8.98. The summed E-state index contributed by atoms with van der Waals surface area (Å²) in [6, 6.07) is 11.9. The minimum Gasteiger partial charge on any atom is -0.489 e. The number of amides is 1. The van der Waals surface area contributed by atoms with Gasteiger partial charge in [-0.05, 0) is 23.8 Å². The molecule has 0 saturated heterocycles. The molecule has 1 aromatic heterocycles. The molecular formula is C19H20N4O4. The molecule has 0 aliphatic rings. The molecule has 0 aliphatic carbocycles. The van der Waals surface area contributed by atoms with Crippen molar-refractivity contribution in [2.75, 3.05) is 6.54 Å². The van der Waals surface area contributed by atoms with Gasteiger partial charge in [0, 0.05) is 12.1 Å². The number of fused-ring (bicyclic) bond motifs is 1. The Bertz CT molecular complexity index is 936. The average molecular weight is 368 g/mol. The second-order valence-corrected chi connectivity index (χ2v) is 6.07.